The molecule has 0 fully saturated rings. The zero-order valence-corrected chi connectivity index (χ0v) is 11.9. The van der Waals surface area contributed by atoms with E-state index in [0.29, 0.717) is 11.3 Å². The summed E-state index contributed by atoms with van der Waals surface area (Å²) in [5, 5.41) is 3.11. The summed E-state index contributed by atoms with van der Waals surface area (Å²) < 4.78 is 15.9. The van der Waals surface area contributed by atoms with E-state index >= 15 is 0 Å². The Kier molecular flexibility index (Phi) is 3.20. The number of H-pyrrole nitrogens is 1. The van der Waals surface area contributed by atoms with Gasteiger partial charge in [-0.3, -0.25) is 0 Å². The van der Waals surface area contributed by atoms with E-state index in [2.05, 4.69) is 9.97 Å². The predicted molar refractivity (Wildman–Crippen MR) is 77.6 cm³/mol. The van der Waals surface area contributed by atoms with E-state index in [1.807, 2.05) is 16.9 Å². The van der Waals surface area contributed by atoms with Crippen LogP contribution < -0.4 is 0 Å². The van der Waals surface area contributed by atoms with Crippen molar-refractivity contribution >= 4 is 34.6 Å². The fourth-order valence-corrected chi connectivity index (χ4v) is 3.14. The number of imidazole rings is 1. The fourth-order valence-electron chi connectivity index (χ4n) is 2.07. The third-order valence-electron chi connectivity index (χ3n) is 2.95. The van der Waals surface area contributed by atoms with Crippen LogP contribution in [-0.4, -0.2) is 14.5 Å². The SMILES string of the molecule is Cc1csc(CCn2c(=S)[nH]c3ccc(F)cc32)n1. The summed E-state index contributed by atoms with van der Waals surface area (Å²) >= 11 is 6.93. The number of aromatic amines is 1. The summed E-state index contributed by atoms with van der Waals surface area (Å²) in [6.45, 7) is 2.68. The van der Waals surface area contributed by atoms with Crippen molar-refractivity contribution < 1.29 is 4.39 Å². The molecule has 0 atom stereocenters. The zero-order valence-electron chi connectivity index (χ0n) is 10.3. The van der Waals surface area contributed by atoms with Crippen LogP contribution in [0.5, 0.6) is 0 Å². The molecule has 0 amide bonds. The molecule has 98 valence electrons. The van der Waals surface area contributed by atoms with E-state index in [0.717, 1.165) is 28.2 Å². The Bertz CT molecular complexity index is 785. The Hall–Kier alpha value is -1.53. The van der Waals surface area contributed by atoms with Crippen molar-refractivity contribution in [2.75, 3.05) is 0 Å². The first-order valence-electron chi connectivity index (χ1n) is 5.92. The molecular weight excluding hydrogens is 281 g/mol. The minimum Gasteiger partial charge on any atom is -0.331 e. The van der Waals surface area contributed by atoms with Gasteiger partial charge in [0.15, 0.2) is 4.77 Å². The lowest BCUT2D eigenvalue weighted by atomic mass is 10.3. The molecule has 3 nitrogen and oxygen atoms in total. The lowest BCUT2D eigenvalue weighted by molar-refractivity contribution is 0.627. The average Bonchev–Trinajstić information content (AvgIpc) is 2.90. The van der Waals surface area contributed by atoms with Crippen molar-refractivity contribution in [3.63, 3.8) is 0 Å². The van der Waals surface area contributed by atoms with Crippen molar-refractivity contribution in [1.29, 1.82) is 0 Å². The van der Waals surface area contributed by atoms with Crippen LogP contribution in [0.4, 0.5) is 4.39 Å². The van der Waals surface area contributed by atoms with Gasteiger partial charge in [-0.2, -0.15) is 0 Å². The van der Waals surface area contributed by atoms with Gasteiger partial charge in [0, 0.05) is 24.0 Å². The molecule has 6 heteroatoms. The van der Waals surface area contributed by atoms with Crippen LogP contribution >= 0.6 is 23.6 Å². The maximum atomic E-state index is 13.3. The van der Waals surface area contributed by atoms with E-state index < -0.39 is 0 Å². The molecule has 0 bridgehead atoms. The Morgan fingerprint density at radius 3 is 3.05 bits per heavy atom. The molecule has 2 aromatic heterocycles. The molecule has 0 unspecified atom stereocenters. The number of aromatic nitrogens is 3. The Morgan fingerprint density at radius 2 is 2.32 bits per heavy atom. The van der Waals surface area contributed by atoms with E-state index in [4.69, 9.17) is 12.2 Å². The lowest BCUT2D eigenvalue weighted by Gasteiger charge is -2.02. The monoisotopic (exact) mass is 293 g/mol. The Balaban J connectivity index is 1.94. The number of hydrogen-bond acceptors (Lipinski definition) is 3. The molecule has 3 rings (SSSR count). The van der Waals surface area contributed by atoms with Gasteiger partial charge in [-0.25, -0.2) is 9.37 Å². The third kappa shape index (κ3) is 2.46. The normalized spacial score (nSPS) is 11.3. The third-order valence-corrected chi connectivity index (χ3v) is 4.30. The predicted octanol–water partition coefficient (Wildman–Crippen LogP) is 3.85. The molecule has 19 heavy (non-hydrogen) atoms. The average molecular weight is 293 g/mol. The van der Waals surface area contributed by atoms with Crippen LogP contribution in [0.2, 0.25) is 0 Å². The van der Waals surface area contributed by atoms with Crippen molar-refractivity contribution in [3.8, 4) is 0 Å². The highest BCUT2D eigenvalue weighted by Gasteiger charge is 2.07. The number of fused-ring (bicyclic) bond motifs is 1. The Labute approximate surface area is 118 Å². The van der Waals surface area contributed by atoms with Gasteiger partial charge in [-0.1, -0.05) is 0 Å². The van der Waals surface area contributed by atoms with E-state index in [1.54, 1.807) is 17.4 Å². The zero-order chi connectivity index (χ0) is 13.4. The van der Waals surface area contributed by atoms with E-state index in [1.165, 1.54) is 12.1 Å². The van der Waals surface area contributed by atoms with Crippen molar-refractivity contribution in [3.05, 3.63) is 44.9 Å². The number of benzene rings is 1. The van der Waals surface area contributed by atoms with Crippen LogP contribution in [0.3, 0.4) is 0 Å². The van der Waals surface area contributed by atoms with Gasteiger partial charge in [-0.05, 0) is 37.3 Å². The van der Waals surface area contributed by atoms with Gasteiger partial charge < -0.3 is 9.55 Å². The van der Waals surface area contributed by atoms with Gasteiger partial charge in [0.2, 0.25) is 0 Å². The van der Waals surface area contributed by atoms with Gasteiger partial charge >= 0.3 is 0 Å². The first-order valence-corrected chi connectivity index (χ1v) is 7.21. The van der Waals surface area contributed by atoms with E-state index in [-0.39, 0.29) is 5.82 Å². The highest BCUT2D eigenvalue weighted by atomic mass is 32.1. The number of nitrogens with zero attached hydrogens (tertiary/aromatic N) is 2. The van der Waals surface area contributed by atoms with Crippen LogP contribution in [0.25, 0.3) is 11.0 Å². The second-order valence-electron chi connectivity index (χ2n) is 4.38. The molecule has 1 N–H and O–H groups in total. The second-order valence-corrected chi connectivity index (χ2v) is 5.71. The van der Waals surface area contributed by atoms with E-state index in [9.17, 15) is 4.39 Å². The summed E-state index contributed by atoms with van der Waals surface area (Å²) in [4.78, 5) is 7.51. The molecule has 0 saturated heterocycles. The first-order chi connectivity index (χ1) is 9.13. The Morgan fingerprint density at radius 1 is 1.47 bits per heavy atom. The van der Waals surface area contributed by atoms with Gasteiger partial charge in [-0.15, -0.1) is 11.3 Å². The molecule has 2 heterocycles. The summed E-state index contributed by atoms with van der Waals surface area (Å²) in [6, 6.07) is 4.65. The van der Waals surface area contributed by atoms with Gasteiger partial charge in [0.1, 0.15) is 5.82 Å². The van der Waals surface area contributed by atoms with Crippen molar-refractivity contribution in [2.45, 2.75) is 19.9 Å². The smallest absolute Gasteiger partial charge is 0.178 e. The highest BCUT2D eigenvalue weighted by Crippen LogP contribution is 2.17. The molecule has 0 aliphatic carbocycles. The molecule has 0 saturated carbocycles. The number of halogens is 1. The largest absolute Gasteiger partial charge is 0.331 e. The molecule has 0 aliphatic rings. The maximum absolute atomic E-state index is 13.3. The van der Waals surface area contributed by atoms with Crippen LogP contribution in [0, 0.1) is 17.5 Å². The second kappa shape index (κ2) is 4.86. The highest BCUT2D eigenvalue weighted by molar-refractivity contribution is 7.71. The van der Waals surface area contributed by atoms with Gasteiger partial charge in [0.25, 0.3) is 0 Å². The van der Waals surface area contributed by atoms with Crippen LogP contribution in [0.1, 0.15) is 10.7 Å². The lowest BCUT2D eigenvalue weighted by Crippen LogP contribution is -2.01. The van der Waals surface area contributed by atoms with Crippen LogP contribution in [0.15, 0.2) is 23.6 Å². The standard InChI is InChI=1S/C13H12FN3S2/c1-8-7-19-12(15-8)4-5-17-11-6-9(14)2-3-10(11)16-13(17)18/h2-3,6-7H,4-5H2,1H3,(H,16,18). The summed E-state index contributed by atoms with van der Waals surface area (Å²) in [7, 11) is 0. The van der Waals surface area contributed by atoms with Gasteiger partial charge in [0.05, 0.1) is 16.0 Å². The quantitative estimate of drug-likeness (QED) is 0.744. The number of nitrogens with one attached hydrogen (secondary N) is 1. The van der Waals surface area contributed by atoms with Crippen molar-refractivity contribution in [2.24, 2.45) is 0 Å². The number of hydrogen-bond donors (Lipinski definition) is 1. The fraction of sp³-hybridized carbons (Fsp3) is 0.231. The number of rotatable bonds is 3. The van der Waals surface area contributed by atoms with Crippen molar-refractivity contribution in [1.82, 2.24) is 14.5 Å². The molecule has 1 aromatic carbocycles. The first kappa shape index (κ1) is 12.5. The minimum absolute atomic E-state index is 0.250. The summed E-state index contributed by atoms with van der Waals surface area (Å²) in [5.41, 5.74) is 2.70. The number of thiazole rings is 1. The van der Waals surface area contributed by atoms with Crippen LogP contribution in [-0.2, 0) is 13.0 Å². The molecular formula is C13H12FN3S2. The molecule has 0 spiro atoms. The number of aryl methyl sites for hydroxylation is 3. The summed E-state index contributed by atoms with van der Waals surface area (Å²) in [5.74, 6) is -0.250. The summed E-state index contributed by atoms with van der Waals surface area (Å²) in [6.07, 6.45) is 0.802. The topological polar surface area (TPSA) is 33.6 Å². The molecule has 0 radical (unpaired) electrons. The maximum Gasteiger partial charge on any atom is 0.178 e. The minimum atomic E-state index is -0.250. The molecule has 0 aliphatic heterocycles. The molecule has 3 aromatic rings.